The fourth-order valence-corrected chi connectivity index (χ4v) is 5.03. The fraction of sp³-hybridized carbons (Fsp3) is 0.200. The molecule has 1 fully saturated rings. The van der Waals surface area contributed by atoms with Crippen LogP contribution in [0.1, 0.15) is 24.0 Å². The highest BCUT2D eigenvalue weighted by atomic mass is 16.7. The third kappa shape index (κ3) is 4.86. The van der Waals surface area contributed by atoms with Crippen LogP contribution in [-0.2, 0) is 11.4 Å². The van der Waals surface area contributed by atoms with E-state index in [1.165, 1.54) is 11.1 Å². The Morgan fingerprint density at radius 1 is 0.946 bits per heavy atom. The molecule has 4 aromatic carbocycles. The smallest absolute Gasteiger partial charge is 0.197 e. The minimum atomic E-state index is -0.380. The molecule has 0 amide bonds. The molecule has 2 atom stereocenters. The van der Waals surface area contributed by atoms with E-state index in [1.54, 1.807) is 0 Å². The molecule has 0 bridgehead atoms. The maximum atomic E-state index is 7.80. The van der Waals surface area contributed by atoms with Crippen LogP contribution >= 0.6 is 0 Å². The average Bonchev–Trinajstić information content (AvgIpc) is 3.63. The second-order valence-electron chi connectivity index (χ2n) is 9.45. The maximum Gasteiger partial charge on any atom is 0.197 e. The summed E-state index contributed by atoms with van der Waals surface area (Å²) in [4.78, 5) is 12.4. The number of ether oxygens (including phenoxy) is 1. The Kier molecular flexibility index (Phi) is 6.20. The topological polar surface area (TPSA) is 96.0 Å². The number of guanidine groups is 1. The summed E-state index contributed by atoms with van der Waals surface area (Å²) in [7, 11) is 0. The molecular weight excluding hydrogens is 462 g/mol. The van der Waals surface area contributed by atoms with Crippen molar-refractivity contribution in [3.05, 3.63) is 102 Å². The molecule has 1 saturated heterocycles. The van der Waals surface area contributed by atoms with Gasteiger partial charge in [0.1, 0.15) is 12.4 Å². The summed E-state index contributed by atoms with van der Waals surface area (Å²) in [5.74, 6) is 1.60. The molecule has 2 unspecified atom stereocenters. The Balaban J connectivity index is 1.12. The minimum Gasteiger partial charge on any atom is -0.489 e. The summed E-state index contributed by atoms with van der Waals surface area (Å²) in [5, 5.41) is 9.98. The lowest BCUT2D eigenvalue weighted by Gasteiger charge is -2.26. The zero-order chi connectivity index (χ0) is 25.2. The fourth-order valence-electron chi connectivity index (χ4n) is 5.03. The molecular formula is C30H29N5O2. The first-order valence-corrected chi connectivity index (χ1v) is 12.6. The molecule has 4 aromatic rings. The number of nitrogens with one attached hydrogen (secondary N) is 2. The summed E-state index contributed by atoms with van der Waals surface area (Å²) < 4.78 is 6.09. The first-order valence-electron chi connectivity index (χ1n) is 12.6. The summed E-state index contributed by atoms with van der Waals surface area (Å²) in [6.07, 6.45) is 1.50. The number of nitrogens with zero attached hydrogens (tertiary/aromatic N) is 2. The number of aliphatic imine (C=N–C) groups is 1. The van der Waals surface area contributed by atoms with E-state index in [2.05, 4.69) is 78.3 Å². The largest absolute Gasteiger partial charge is 0.489 e. The van der Waals surface area contributed by atoms with Gasteiger partial charge in [-0.3, -0.25) is 5.41 Å². The van der Waals surface area contributed by atoms with Crippen molar-refractivity contribution >= 4 is 22.6 Å². The summed E-state index contributed by atoms with van der Waals surface area (Å²) in [5.41, 5.74) is 13.2. The number of benzene rings is 4. The highest BCUT2D eigenvalue weighted by Gasteiger charge is 2.36. The van der Waals surface area contributed by atoms with Gasteiger partial charge in [-0.05, 0) is 58.5 Å². The molecule has 0 spiro atoms. The third-order valence-corrected chi connectivity index (χ3v) is 7.02. The lowest BCUT2D eigenvalue weighted by Crippen LogP contribution is -2.45. The van der Waals surface area contributed by atoms with Gasteiger partial charge in [-0.25, -0.2) is 15.3 Å². The quantitative estimate of drug-likeness (QED) is 0.259. The van der Waals surface area contributed by atoms with Gasteiger partial charge in [-0.15, -0.1) is 0 Å². The van der Waals surface area contributed by atoms with E-state index < -0.39 is 0 Å². The average molecular weight is 492 g/mol. The van der Waals surface area contributed by atoms with Crippen molar-refractivity contribution in [2.24, 2.45) is 10.7 Å². The van der Waals surface area contributed by atoms with Crippen LogP contribution in [0.25, 0.3) is 21.9 Å². The van der Waals surface area contributed by atoms with Crippen LogP contribution in [0, 0.1) is 5.41 Å². The lowest BCUT2D eigenvalue weighted by molar-refractivity contribution is 0.00198. The minimum absolute atomic E-state index is 0.0165. The molecule has 7 nitrogen and oxygen atoms in total. The molecule has 2 aliphatic heterocycles. The van der Waals surface area contributed by atoms with Gasteiger partial charge in [-0.1, -0.05) is 72.8 Å². The van der Waals surface area contributed by atoms with Crippen LogP contribution in [0.3, 0.4) is 0 Å². The third-order valence-electron chi connectivity index (χ3n) is 7.02. The molecule has 0 aromatic heterocycles. The van der Waals surface area contributed by atoms with Crippen LogP contribution in [0.2, 0.25) is 0 Å². The molecule has 0 radical (unpaired) electrons. The van der Waals surface area contributed by atoms with Crippen molar-refractivity contribution in [1.29, 1.82) is 5.41 Å². The summed E-state index contributed by atoms with van der Waals surface area (Å²) >= 11 is 0. The number of rotatable bonds is 6. The Labute approximate surface area is 216 Å². The second kappa shape index (κ2) is 9.95. The number of nitrogens with two attached hydrogens (primary N) is 1. The number of amidine groups is 1. The van der Waals surface area contributed by atoms with Gasteiger partial charge in [0, 0.05) is 12.1 Å². The van der Waals surface area contributed by atoms with E-state index in [-0.39, 0.29) is 18.2 Å². The lowest BCUT2D eigenvalue weighted by atomic mass is 10.0. The van der Waals surface area contributed by atoms with Crippen molar-refractivity contribution < 1.29 is 9.57 Å². The van der Waals surface area contributed by atoms with Crippen molar-refractivity contribution in [1.82, 2.24) is 10.4 Å². The standard InChI is InChI=1S/C30H29N5O2/c31-30(32)35-16-4-7-27(35)29-33-28(34-37-29)25-13-12-24-18-26(15-14-23(24)17-25)36-19-20-8-10-22(11-9-20)21-5-2-1-3-6-21/h1-3,5-6,8-15,17-18,27,29H,4,7,16,19H2,(H3,31,32)(H,33,34). The Morgan fingerprint density at radius 2 is 1.68 bits per heavy atom. The van der Waals surface area contributed by atoms with Gasteiger partial charge in [0.15, 0.2) is 18.0 Å². The summed E-state index contributed by atoms with van der Waals surface area (Å²) in [6.45, 7) is 1.28. The highest BCUT2D eigenvalue weighted by molar-refractivity contribution is 6.02. The molecule has 186 valence electrons. The monoisotopic (exact) mass is 491 g/mol. The van der Waals surface area contributed by atoms with Crippen LogP contribution < -0.4 is 16.0 Å². The highest BCUT2D eigenvalue weighted by Crippen LogP contribution is 2.27. The predicted molar refractivity (Wildman–Crippen MR) is 146 cm³/mol. The molecule has 37 heavy (non-hydrogen) atoms. The number of likely N-dealkylation sites (tertiary alicyclic amines) is 1. The molecule has 2 heterocycles. The Morgan fingerprint density at radius 3 is 2.49 bits per heavy atom. The van der Waals surface area contributed by atoms with E-state index in [4.69, 9.17) is 25.7 Å². The van der Waals surface area contributed by atoms with Gasteiger partial charge < -0.3 is 15.4 Å². The van der Waals surface area contributed by atoms with Crippen LogP contribution in [0.15, 0.2) is 96.0 Å². The predicted octanol–water partition coefficient (Wildman–Crippen LogP) is 5.05. The number of hydroxylamine groups is 1. The van der Waals surface area contributed by atoms with Gasteiger partial charge in [-0.2, -0.15) is 0 Å². The maximum absolute atomic E-state index is 7.80. The SMILES string of the molecule is N=C(N)N1CCCC1C1N=C(c2ccc3cc(OCc4ccc(-c5ccccc5)cc4)ccc3c2)NO1. The van der Waals surface area contributed by atoms with Crippen molar-refractivity contribution in [2.75, 3.05) is 6.54 Å². The van der Waals surface area contributed by atoms with Crippen LogP contribution in [0.5, 0.6) is 5.75 Å². The van der Waals surface area contributed by atoms with E-state index >= 15 is 0 Å². The van der Waals surface area contributed by atoms with Crippen molar-refractivity contribution in [2.45, 2.75) is 31.7 Å². The molecule has 0 saturated carbocycles. The Hall–Kier alpha value is -4.36. The molecule has 2 aliphatic rings. The summed E-state index contributed by atoms with van der Waals surface area (Å²) in [6, 6.07) is 31.2. The van der Waals surface area contributed by atoms with E-state index in [1.807, 2.05) is 23.1 Å². The molecule has 0 aliphatic carbocycles. The first kappa shape index (κ1) is 23.1. The van der Waals surface area contributed by atoms with E-state index in [0.29, 0.717) is 12.4 Å². The van der Waals surface area contributed by atoms with E-state index in [9.17, 15) is 0 Å². The van der Waals surface area contributed by atoms with Gasteiger partial charge in [0.05, 0.1) is 6.04 Å². The zero-order valence-electron chi connectivity index (χ0n) is 20.4. The van der Waals surface area contributed by atoms with Gasteiger partial charge in [0.2, 0.25) is 0 Å². The van der Waals surface area contributed by atoms with Gasteiger partial charge >= 0.3 is 0 Å². The second-order valence-corrected chi connectivity index (χ2v) is 9.45. The van der Waals surface area contributed by atoms with Crippen molar-refractivity contribution in [3.8, 4) is 16.9 Å². The number of hydrogen-bond donors (Lipinski definition) is 3. The van der Waals surface area contributed by atoms with Crippen LogP contribution in [-0.4, -0.2) is 35.5 Å². The van der Waals surface area contributed by atoms with Crippen molar-refractivity contribution in [3.63, 3.8) is 0 Å². The molecule has 7 heteroatoms. The zero-order valence-corrected chi connectivity index (χ0v) is 20.4. The normalized spacial score (nSPS) is 19.0. The van der Waals surface area contributed by atoms with Crippen LogP contribution in [0.4, 0.5) is 0 Å². The molecule has 4 N–H and O–H groups in total. The van der Waals surface area contributed by atoms with E-state index in [0.717, 1.165) is 47.0 Å². The Bertz CT molecular complexity index is 1450. The first-order chi connectivity index (χ1) is 18.1. The number of hydrogen-bond acceptors (Lipinski definition) is 5. The number of fused-ring (bicyclic) bond motifs is 1. The molecule has 6 rings (SSSR count). The van der Waals surface area contributed by atoms with Gasteiger partial charge in [0.25, 0.3) is 0 Å².